The van der Waals surface area contributed by atoms with Gasteiger partial charge in [0.1, 0.15) is 24.0 Å². The molecule has 19 heteroatoms. The molecule has 3 atom stereocenters. The van der Waals surface area contributed by atoms with Gasteiger partial charge < -0.3 is 24.6 Å². The van der Waals surface area contributed by atoms with Crippen LogP contribution in [0.4, 0.5) is 20.3 Å². The number of hydrogen-bond acceptors (Lipinski definition) is 11. The first-order valence-corrected chi connectivity index (χ1v) is 21.3. The molecule has 17 nitrogen and oxygen atoms in total. The van der Waals surface area contributed by atoms with Crippen molar-refractivity contribution in [3.05, 3.63) is 70.2 Å². The van der Waals surface area contributed by atoms with Crippen molar-refractivity contribution in [1.82, 2.24) is 43.7 Å². The molecular formula is C44H49F2N11O6. The number of para-hydroxylation sites is 1. The van der Waals surface area contributed by atoms with E-state index in [1.165, 1.54) is 19.8 Å². The van der Waals surface area contributed by atoms with Gasteiger partial charge in [-0.1, -0.05) is 17.9 Å². The van der Waals surface area contributed by atoms with Crippen molar-refractivity contribution in [2.45, 2.75) is 94.5 Å². The number of rotatable bonds is 10. The number of anilines is 2. The first-order valence-electron chi connectivity index (χ1n) is 23.3. The summed E-state index contributed by atoms with van der Waals surface area (Å²) in [5, 5.41) is 13.0. The number of carbonyl (C=O) groups is 3. The van der Waals surface area contributed by atoms with Crippen LogP contribution < -0.4 is 21.2 Å². The number of piperidine rings is 2. The van der Waals surface area contributed by atoms with E-state index in [0.29, 0.717) is 68.0 Å². The molecule has 0 spiro atoms. The Morgan fingerprint density at radius 3 is 2.68 bits per heavy atom. The largest absolute Gasteiger partial charge is 0.374 e. The molecule has 2 N–H and O–H groups in total. The Morgan fingerprint density at radius 2 is 1.94 bits per heavy atom. The fourth-order valence-electron chi connectivity index (χ4n) is 9.55. The molecule has 5 aliphatic rings. The average molecular weight is 870 g/mol. The van der Waals surface area contributed by atoms with Crippen LogP contribution in [0.15, 0.2) is 47.7 Å². The number of amides is 3. The van der Waals surface area contributed by atoms with Crippen LogP contribution in [0.25, 0.3) is 16.7 Å². The summed E-state index contributed by atoms with van der Waals surface area (Å²) in [7, 11) is 1.62. The second-order valence-electron chi connectivity index (χ2n) is 16.8. The van der Waals surface area contributed by atoms with E-state index >= 15 is 0 Å². The summed E-state index contributed by atoms with van der Waals surface area (Å²) < 4.78 is 82.2. The molecule has 4 aromatic heterocycles. The zero-order chi connectivity index (χ0) is 46.9. The summed E-state index contributed by atoms with van der Waals surface area (Å²) in [6.45, 7) is 3.09. The van der Waals surface area contributed by atoms with E-state index in [4.69, 9.17) is 15.0 Å². The number of halogens is 2. The summed E-state index contributed by atoms with van der Waals surface area (Å²) in [4.78, 5) is 60.2. The minimum atomic E-state index is -3.15. The highest BCUT2D eigenvalue weighted by molar-refractivity contribution is 6.08. The maximum atomic E-state index is 14.5. The van der Waals surface area contributed by atoms with E-state index in [0.717, 1.165) is 17.3 Å². The maximum Gasteiger partial charge on any atom is 0.329 e. The molecule has 0 radical (unpaired) electrons. The van der Waals surface area contributed by atoms with Gasteiger partial charge in [-0.15, -0.1) is 0 Å². The van der Waals surface area contributed by atoms with Gasteiger partial charge in [-0.3, -0.25) is 33.5 Å². The van der Waals surface area contributed by atoms with Crippen LogP contribution in [0, 0.1) is 17.8 Å². The number of aromatic nitrogens is 7. The maximum absolute atomic E-state index is 14.5. The lowest BCUT2D eigenvalue weighted by molar-refractivity contribution is -0.135. The summed E-state index contributed by atoms with van der Waals surface area (Å²) in [5.41, 5.74) is 0.424. The zero-order valence-electron chi connectivity index (χ0n) is 38.5. The average Bonchev–Trinajstić information content (AvgIpc) is 4.12. The minimum absolute atomic E-state index is 0.0346. The van der Waals surface area contributed by atoms with Crippen LogP contribution in [-0.2, 0) is 26.1 Å². The van der Waals surface area contributed by atoms with Crippen molar-refractivity contribution in [1.29, 1.82) is 0 Å². The Hall–Kier alpha value is -5.97. The molecular weight excluding hydrogens is 817 g/mol. The number of imide groups is 1. The summed E-state index contributed by atoms with van der Waals surface area (Å²) >= 11 is 0. The lowest BCUT2D eigenvalue weighted by Crippen LogP contribution is -2.44. The molecule has 330 valence electrons. The lowest BCUT2D eigenvalue weighted by atomic mass is 9.85. The van der Waals surface area contributed by atoms with E-state index in [2.05, 4.69) is 47.5 Å². The summed E-state index contributed by atoms with van der Waals surface area (Å²) in [5.74, 6) is 4.78. The second-order valence-corrected chi connectivity index (χ2v) is 16.8. The first-order chi connectivity index (χ1) is 32.0. The molecule has 3 amide bonds. The minimum Gasteiger partial charge on any atom is -0.374 e. The van der Waals surface area contributed by atoms with Crippen LogP contribution in [-0.4, -0.2) is 114 Å². The molecule has 1 saturated carbocycles. The number of benzene rings is 1. The predicted molar refractivity (Wildman–Crippen MR) is 226 cm³/mol. The Kier molecular flexibility index (Phi) is 9.83. The van der Waals surface area contributed by atoms with Gasteiger partial charge in [-0.05, 0) is 75.4 Å². The number of fused-ring (bicyclic) bond motifs is 4. The Bertz CT molecular complexity index is 2880. The van der Waals surface area contributed by atoms with Gasteiger partial charge in [-0.2, -0.15) is 10.2 Å². The van der Waals surface area contributed by atoms with Crippen molar-refractivity contribution < 1.29 is 38.1 Å². The Balaban J connectivity index is 0.751. The SMILES string of the molecule is [2H]C1([2H])CC(CN2CCC(OCC#Cc3cccc4c3n(C)c(=O)n4C3CCC(=O)NC3=O)CC2)CC([2H])([2H])C1n1cc(NC(=O)c2cnn3ccc(N4C[C@H]5C[C@@H]4CO5)nc23)c(C(F)F)n1. The topological polar surface area (TPSA) is 175 Å². The van der Waals surface area contributed by atoms with E-state index in [1.807, 2.05) is 0 Å². The first kappa shape index (κ1) is 36.5. The Labute approximate surface area is 366 Å². The number of nitrogens with zero attached hydrogens (tertiary/aromatic N) is 9. The summed E-state index contributed by atoms with van der Waals surface area (Å²) in [6.07, 6.45) is -0.920. The van der Waals surface area contributed by atoms with Gasteiger partial charge in [0.25, 0.3) is 12.3 Å². The number of ether oxygens (including phenoxy) is 2. The molecule has 1 aromatic carbocycles. The smallest absolute Gasteiger partial charge is 0.329 e. The number of imidazole rings is 1. The van der Waals surface area contributed by atoms with Gasteiger partial charge >= 0.3 is 5.69 Å². The fraction of sp³-hybridized carbons (Fsp3) is 0.523. The quantitative estimate of drug-likeness (QED) is 0.154. The van der Waals surface area contributed by atoms with Gasteiger partial charge in [-0.25, -0.2) is 23.1 Å². The number of alkyl halides is 2. The molecule has 5 aromatic rings. The van der Waals surface area contributed by atoms with Crippen molar-refractivity contribution in [2.75, 3.05) is 49.6 Å². The standard InChI is InChI=1S/C44H49F2N11O6/c1-52-39-27(4-2-6-34(39)57(44(52)61)35-11-12-37(58)50-43(35)60)5-3-19-62-30-13-16-53(17-14-30)22-26-7-9-28(10-8-26)56-24-33(38(51-56)40(45)46)48-42(59)32-21-47-55-18-15-36(49-41(32)55)54-23-31-20-29(54)25-63-31/h2,4,6,15,18,21,24,26,28-31,35,40H,7-14,16-17,19-20,22-23,25H2,1H3,(H,48,59)(H,50,58,60)/t26?,28?,29-,31-,35?/m1/s1/i9D2,10D2. The van der Waals surface area contributed by atoms with Crippen LogP contribution >= 0.6 is 0 Å². The highest BCUT2D eigenvalue weighted by atomic mass is 19.3. The summed E-state index contributed by atoms with van der Waals surface area (Å²) in [6, 6.07) is 4.91. The van der Waals surface area contributed by atoms with Crippen molar-refractivity contribution in [3.63, 3.8) is 0 Å². The number of aryl methyl sites for hydroxylation is 1. The molecule has 2 bridgehead atoms. The normalized spacial score (nSPS) is 26.9. The van der Waals surface area contributed by atoms with E-state index in [1.54, 1.807) is 37.5 Å². The molecule has 1 aliphatic carbocycles. The highest BCUT2D eigenvalue weighted by Gasteiger charge is 2.40. The van der Waals surface area contributed by atoms with Gasteiger partial charge in [0.2, 0.25) is 11.8 Å². The third-order valence-electron chi connectivity index (χ3n) is 12.8. The number of nitrogens with one attached hydrogen (secondary N) is 2. The lowest BCUT2D eigenvalue weighted by Gasteiger charge is -2.36. The van der Waals surface area contributed by atoms with E-state index < -0.39 is 48.8 Å². The number of carbonyl (C=O) groups excluding carboxylic acids is 3. The van der Waals surface area contributed by atoms with E-state index in [9.17, 15) is 28.0 Å². The van der Waals surface area contributed by atoms with Crippen molar-refractivity contribution >= 4 is 45.9 Å². The van der Waals surface area contributed by atoms with Crippen LogP contribution in [0.1, 0.15) is 103 Å². The molecule has 8 heterocycles. The monoisotopic (exact) mass is 869 g/mol. The number of likely N-dealkylation sites (tertiary alicyclic amines) is 1. The molecule has 1 unspecified atom stereocenters. The van der Waals surface area contributed by atoms with Crippen molar-refractivity contribution in [2.24, 2.45) is 13.0 Å². The number of hydrogen-bond donors (Lipinski definition) is 2. The van der Waals surface area contributed by atoms with Crippen LogP contribution in [0.5, 0.6) is 0 Å². The molecule has 10 rings (SSSR count). The molecule has 4 saturated heterocycles. The zero-order valence-corrected chi connectivity index (χ0v) is 34.5. The third kappa shape index (κ3) is 8.00. The molecule has 4 aliphatic heterocycles. The van der Waals surface area contributed by atoms with Crippen LogP contribution in [0.2, 0.25) is 0 Å². The van der Waals surface area contributed by atoms with Gasteiger partial charge in [0, 0.05) is 57.5 Å². The Morgan fingerprint density at radius 1 is 1.11 bits per heavy atom. The van der Waals surface area contributed by atoms with Crippen molar-refractivity contribution in [3.8, 4) is 11.8 Å². The van der Waals surface area contributed by atoms with Crippen LogP contribution in [0.3, 0.4) is 0 Å². The molecule has 63 heavy (non-hydrogen) atoms. The fourth-order valence-corrected chi connectivity index (χ4v) is 9.55. The highest BCUT2D eigenvalue weighted by Crippen LogP contribution is 2.36. The number of morpholine rings is 1. The second kappa shape index (κ2) is 17.0. The third-order valence-corrected chi connectivity index (χ3v) is 12.8. The molecule has 5 fully saturated rings. The van der Waals surface area contributed by atoms with Gasteiger partial charge in [0.15, 0.2) is 11.3 Å². The van der Waals surface area contributed by atoms with Gasteiger partial charge in [0.05, 0.1) is 59.4 Å². The predicted octanol–water partition coefficient (Wildman–Crippen LogP) is 3.99. The van der Waals surface area contributed by atoms with E-state index in [-0.39, 0.29) is 85.0 Å².